The Labute approximate surface area is 62.8 Å². The molecule has 0 unspecified atom stereocenters. The Balaban J connectivity index is 2.63. The minimum Gasteiger partial charge on any atom is -0.359 e. The fourth-order valence-corrected chi connectivity index (χ4v) is 1.36. The van der Waals surface area contributed by atoms with Crippen molar-refractivity contribution in [1.82, 2.24) is 0 Å². The van der Waals surface area contributed by atoms with E-state index >= 15 is 0 Å². The van der Waals surface area contributed by atoms with Gasteiger partial charge < -0.3 is 4.74 Å². The van der Waals surface area contributed by atoms with Gasteiger partial charge in [-0.3, -0.25) is 0 Å². The molecule has 1 saturated heterocycles. The zero-order valence-electron chi connectivity index (χ0n) is 7.06. The topological polar surface area (TPSA) is 9.23 Å². The summed E-state index contributed by atoms with van der Waals surface area (Å²) in [5.41, 5.74) is -0.159. The molecule has 1 rings (SSSR count). The quantitative estimate of drug-likeness (QED) is 0.464. The fourth-order valence-electron chi connectivity index (χ4n) is 1.36. The van der Waals surface area contributed by atoms with E-state index < -0.39 is 0 Å². The molecule has 1 fully saturated rings. The Bertz CT molecular complexity index is 187. The average molecular weight is 138 g/mol. The van der Waals surface area contributed by atoms with Gasteiger partial charge in [-0.05, 0) is 20.8 Å². The molecular weight excluding hydrogens is 124 g/mol. The largest absolute Gasteiger partial charge is 0.359 e. The van der Waals surface area contributed by atoms with Crippen LogP contribution in [0.3, 0.4) is 0 Å². The smallest absolute Gasteiger partial charge is 0.131 e. The minimum atomic E-state index is -0.159. The van der Waals surface area contributed by atoms with Crippen LogP contribution in [-0.2, 0) is 4.74 Å². The monoisotopic (exact) mass is 138 g/mol. The van der Waals surface area contributed by atoms with Crippen LogP contribution < -0.4 is 0 Å². The van der Waals surface area contributed by atoms with Crippen LogP contribution in [0.25, 0.3) is 0 Å². The van der Waals surface area contributed by atoms with E-state index in [2.05, 4.69) is 25.7 Å². The maximum atomic E-state index is 5.51. The molecule has 1 aliphatic heterocycles. The first-order valence-corrected chi connectivity index (χ1v) is 3.72. The highest BCUT2D eigenvalue weighted by molar-refractivity contribution is 5.18. The van der Waals surface area contributed by atoms with E-state index in [0.29, 0.717) is 12.0 Å². The molecule has 0 aliphatic carbocycles. The zero-order chi connectivity index (χ0) is 7.78. The van der Waals surface area contributed by atoms with Crippen LogP contribution in [-0.4, -0.2) is 11.7 Å². The number of hydrogen-bond acceptors (Lipinski definition) is 1. The van der Waals surface area contributed by atoms with E-state index in [4.69, 9.17) is 4.74 Å². The van der Waals surface area contributed by atoms with Gasteiger partial charge in [0.25, 0.3) is 0 Å². The third kappa shape index (κ3) is 0.932. The maximum Gasteiger partial charge on any atom is 0.131 e. The van der Waals surface area contributed by atoms with E-state index in [1.807, 2.05) is 13.8 Å². The van der Waals surface area contributed by atoms with Crippen LogP contribution in [0, 0.1) is 17.8 Å². The molecule has 3 atom stereocenters. The Kier molecular flexibility index (Phi) is 1.74. The molecule has 0 saturated carbocycles. The maximum absolute atomic E-state index is 5.51. The second-order valence-corrected chi connectivity index (χ2v) is 3.09. The van der Waals surface area contributed by atoms with Crippen molar-refractivity contribution in [2.45, 2.75) is 39.4 Å². The highest BCUT2D eigenvalue weighted by atomic mass is 16.5. The van der Waals surface area contributed by atoms with E-state index in [0.717, 1.165) is 0 Å². The lowest BCUT2D eigenvalue weighted by Gasteiger charge is -2.47. The molecule has 0 aromatic carbocycles. The number of rotatable bonds is 0. The van der Waals surface area contributed by atoms with Crippen molar-refractivity contribution in [3.05, 3.63) is 0 Å². The van der Waals surface area contributed by atoms with Gasteiger partial charge in [0.05, 0.1) is 6.10 Å². The van der Waals surface area contributed by atoms with Crippen molar-refractivity contribution in [1.29, 1.82) is 0 Å². The predicted molar refractivity (Wildman–Crippen MR) is 41.6 cm³/mol. The van der Waals surface area contributed by atoms with Crippen molar-refractivity contribution in [3.63, 3.8) is 0 Å². The average Bonchev–Trinajstić information content (AvgIpc) is 1.88. The van der Waals surface area contributed by atoms with Crippen LogP contribution in [0.1, 0.15) is 27.7 Å². The van der Waals surface area contributed by atoms with Crippen LogP contribution in [0.15, 0.2) is 0 Å². The fraction of sp³-hybridized carbons (Fsp3) is 0.778. The molecule has 1 heteroatoms. The Morgan fingerprint density at radius 2 is 2.00 bits per heavy atom. The van der Waals surface area contributed by atoms with Gasteiger partial charge in [-0.1, -0.05) is 12.8 Å². The summed E-state index contributed by atoms with van der Waals surface area (Å²) in [5.74, 6) is 6.52. The second kappa shape index (κ2) is 2.29. The summed E-state index contributed by atoms with van der Waals surface area (Å²) in [6, 6.07) is 0. The van der Waals surface area contributed by atoms with Crippen molar-refractivity contribution in [2.24, 2.45) is 5.92 Å². The van der Waals surface area contributed by atoms with E-state index in [-0.39, 0.29) is 5.60 Å². The molecule has 0 aromatic rings. The number of hydrogen-bond donors (Lipinski definition) is 0. The molecule has 0 radical (unpaired) electrons. The van der Waals surface area contributed by atoms with Gasteiger partial charge >= 0.3 is 0 Å². The Hall–Kier alpha value is -0.480. The molecule has 0 spiro atoms. The number of ether oxygens (including phenoxy) is 1. The van der Waals surface area contributed by atoms with Crippen LogP contribution >= 0.6 is 0 Å². The minimum absolute atomic E-state index is 0.159. The molecule has 0 amide bonds. The van der Waals surface area contributed by atoms with E-state index in [1.165, 1.54) is 0 Å². The molecule has 1 nitrogen and oxygen atoms in total. The molecule has 10 heavy (non-hydrogen) atoms. The second-order valence-electron chi connectivity index (χ2n) is 3.09. The lowest BCUT2D eigenvalue weighted by Crippen LogP contribution is -2.54. The van der Waals surface area contributed by atoms with Crippen molar-refractivity contribution >= 4 is 0 Å². The predicted octanol–water partition coefficient (Wildman–Crippen LogP) is 1.82. The highest BCUT2D eigenvalue weighted by Gasteiger charge is 2.45. The first-order chi connectivity index (χ1) is 4.60. The van der Waals surface area contributed by atoms with Crippen molar-refractivity contribution in [3.8, 4) is 11.8 Å². The van der Waals surface area contributed by atoms with Gasteiger partial charge in [0.1, 0.15) is 5.60 Å². The summed E-state index contributed by atoms with van der Waals surface area (Å²) in [4.78, 5) is 0. The van der Waals surface area contributed by atoms with Crippen LogP contribution in [0.2, 0.25) is 0 Å². The highest BCUT2D eigenvalue weighted by Crippen LogP contribution is 2.37. The van der Waals surface area contributed by atoms with Crippen LogP contribution in [0.5, 0.6) is 0 Å². The summed E-state index contributed by atoms with van der Waals surface area (Å²) in [6.45, 7) is 8.17. The van der Waals surface area contributed by atoms with Gasteiger partial charge in [-0.2, -0.15) is 0 Å². The molecule has 1 heterocycles. The molecule has 1 aliphatic rings. The summed E-state index contributed by atoms with van der Waals surface area (Å²) < 4.78 is 5.51. The summed E-state index contributed by atoms with van der Waals surface area (Å²) in [5, 5.41) is 0. The molecule has 0 N–H and O–H groups in total. The van der Waals surface area contributed by atoms with E-state index in [1.54, 1.807) is 0 Å². The summed E-state index contributed by atoms with van der Waals surface area (Å²) >= 11 is 0. The SMILES string of the molecule is CC#C[C@@]1(C)O[C@@H](C)[C@H]1C. The third-order valence-corrected chi connectivity index (χ3v) is 2.38. The van der Waals surface area contributed by atoms with Gasteiger partial charge in [-0.25, -0.2) is 0 Å². The first-order valence-electron chi connectivity index (χ1n) is 3.72. The van der Waals surface area contributed by atoms with Gasteiger partial charge in [0.15, 0.2) is 0 Å². The van der Waals surface area contributed by atoms with E-state index in [9.17, 15) is 0 Å². The lowest BCUT2D eigenvalue weighted by atomic mass is 9.81. The standard InChI is InChI=1S/C9H14O/c1-5-6-9(4)7(2)8(3)10-9/h7-8H,1-4H3/t7-,8+,9-/m1/s1. The lowest BCUT2D eigenvalue weighted by molar-refractivity contribution is -0.202. The third-order valence-electron chi connectivity index (χ3n) is 2.38. The Morgan fingerprint density at radius 3 is 2.30 bits per heavy atom. The molecule has 56 valence electrons. The normalized spacial score (nSPS) is 45.2. The molecular formula is C9H14O. The zero-order valence-corrected chi connectivity index (χ0v) is 7.06. The summed E-state index contributed by atoms with van der Waals surface area (Å²) in [7, 11) is 0. The van der Waals surface area contributed by atoms with Crippen LogP contribution in [0.4, 0.5) is 0 Å². The summed E-state index contributed by atoms with van der Waals surface area (Å²) in [6.07, 6.45) is 0.380. The Morgan fingerprint density at radius 1 is 1.40 bits per heavy atom. The molecule has 0 aromatic heterocycles. The molecule has 0 bridgehead atoms. The van der Waals surface area contributed by atoms with Crippen molar-refractivity contribution < 1.29 is 4.74 Å². The first kappa shape index (κ1) is 7.63. The van der Waals surface area contributed by atoms with Gasteiger partial charge in [0, 0.05) is 5.92 Å². The van der Waals surface area contributed by atoms with Crippen molar-refractivity contribution in [2.75, 3.05) is 0 Å². The van der Waals surface area contributed by atoms with Gasteiger partial charge in [0.2, 0.25) is 0 Å². The van der Waals surface area contributed by atoms with Gasteiger partial charge in [-0.15, -0.1) is 5.92 Å².